The van der Waals surface area contributed by atoms with E-state index < -0.39 is 23.7 Å². The molecule has 0 fully saturated rings. The highest BCUT2D eigenvalue weighted by atomic mass is 16.6. The normalized spacial score (nSPS) is 14.9. The van der Waals surface area contributed by atoms with E-state index in [4.69, 9.17) is 14.2 Å². The van der Waals surface area contributed by atoms with Crippen molar-refractivity contribution in [3.05, 3.63) is 89.3 Å². The molecule has 1 aliphatic heterocycles. The second kappa shape index (κ2) is 11.8. The molecule has 1 unspecified atom stereocenters. The second-order valence-corrected chi connectivity index (χ2v) is 9.07. The molecule has 1 amide bonds. The second-order valence-electron chi connectivity index (χ2n) is 9.07. The molecule has 2 N–H and O–H groups in total. The molecule has 0 radical (unpaired) electrons. The Balaban J connectivity index is 1.66. The van der Waals surface area contributed by atoms with Crippen molar-refractivity contribution in [2.24, 2.45) is 5.41 Å². The molecule has 0 bridgehead atoms. The van der Waals surface area contributed by atoms with Crippen LogP contribution in [-0.2, 0) is 36.9 Å². The fourth-order valence-corrected chi connectivity index (χ4v) is 3.08. The third-order valence-corrected chi connectivity index (χ3v) is 4.99. The lowest BCUT2D eigenvalue weighted by Gasteiger charge is -2.25. The van der Waals surface area contributed by atoms with Gasteiger partial charge in [0.25, 0.3) is 0 Å². The zero-order valence-corrected chi connectivity index (χ0v) is 20.3. The third kappa shape index (κ3) is 7.83. The van der Waals surface area contributed by atoms with Crippen LogP contribution in [0.1, 0.15) is 31.9 Å². The summed E-state index contributed by atoms with van der Waals surface area (Å²) in [5.41, 5.74) is 2.06. The van der Waals surface area contributed by atoms with Gasteiger partial charge in [0, 0.05) is 6.20 Å². The van der Waals surface area contributed by atoms with Crippen LogP contribution in [0.4, 0.5) is 4.79 Å². The van der Waals surface area contributed by atoms with E-state index in [0.29, 0.717) is 12.2 Å². The van der Waals surface area contributed by atoms with Crippen molar-refractivity contribution >= 4 is 24.3 Å². The summed E-state index contributed by atoms with van der Waals surface area (Å²) in [6.07, 6.45) is 1.94. The summed E-state index contributed by atoms with van der Waals surface area (Å²) in [6.45, 7) is 5.39. The maximum atomic E-state index is 12.4. The largest absolute Gasteiger partial charge is 0.444 e. The Morgan fingerprint density at radius 2 is 1.69 bits per heavy atom. The Morgan fingerprint density at radius 3 is 2.33 bits per heavy atom. The summed E-state index contributed by atoms with van der Waals surface area (Å²) in [5, 5.41) is 5.44. The van der Waals surface area contributed by atoms with Crippen molar-refractivity contribution in [3.63, 3.8) is 0 Å². The molecule has 9 heteroatoms. The highest BCUT2D eigenvalue weighted by molar-refractivity contribution is 6.20. The molecule has 36 heavy (non-hydrogen) atoms. The van der Waals surface area contributed by atoms with Crippen LogP contribution in [0.5, 0.6) is 5.75 Å². The van der Waals surface area contributed by atoms with E-state index in [1.165, 1.54) is 0 Å². The highest BCUT2D eigenvalue weighted by Gasteiger charge is 2.25. The van der Waals surface area contributed by atoms with Crippen LogP contribution in [0.25, 0.3) is 0 Å². The van der Waals surface area contributed by atoms with Crippen LogP contribution in [-0.4, -0.2) is 30.5 Å². The summed E-state index contributed by atoms with van der Waals surface area (Å²) in [4.78, 5) is 46.7. The molecule has 0 spiro atoms. The first kappa shape index (κ1) is 26.2. The van der Waals surface area contributed by atoms with Gasteiger partial charge in [-0.1, -0.05) is 42.5 Å². The number of carbonyl (C=O) groups excluding carboxylic acids is 4. The van der Waals surface area contributed by atoms with Gasteiger partial charge >= 0.3 is 18.0 Å². The van der Waals surface area contributed by atoms with E-state index in [1.807, 2.05) is 42.5 Å². The number of aldehydes is 1. The van der Waals surface area contributed by atoms with E-state index in [0.717, 1.165) is 16.7 Å². The van der Waals surface area contributed by atoms with Gasteiger partial charge in [-0.15, -0.1) is 0 Å². The van der Waals surface area contributed by atoms with Crippen LogP contribution < -0.4 is 15.4 Å². The third-order valence-electron chi connectivity index (χ3n) is 4.99. The summed E-state index contributed by atoms with van der Waals surface area (Å²) in [6, 6.07) is 16.2. The SMILES string of the molecule is CC(C)(C)C(=O)Oc1ccc(CC2=CNC(OC(=O)C=O)C(NC(=O)OCc3ccccc3)=C2)cc1. The number of amides is 1. The number of esters is 2. The van der Waals surface area contributed by atoms with Gasteiger partial charge in [0.2, 0.25) is 12.5 Å². The standard InChI is InChI=1S/C27H28N2O7/c1-27(2,3)25(32)35-21-11-9-18(10-12-21)13-20-14-22(24(28-15-20)36-23(31)16-30)29-26(33)34-17-19-7-5-4-6-8-19/h4-12,14-16,24,28H,13,17H2,1-3H3,(H,29,33). The lowest BCUT2D eigenvalue weighted by Crippen LogP contribution is -2.42. The number of nitrogens with one attached hydrogen (secondary N) is 2. The number of dihydropyridines is 1. The van der Waals surface area contributed by atoms with Gasteiger partial charge in [-0.2, -0.15) is 0 Å². The molecular weight excluding hydrogens is 464 g/mol. The van der Waals surface area contributed by atoms with Gasteiger partial charge in [0.05, 0.1) is 11.1 Å². The Hall–Kier alpha value is -4.40. The van der Waals surface area contributed by atoms with E-state index in [2.05, 4.69) is 10.6 Å². The Kier molecular flexibility index (Phi) is 8.61. The quantitative estimate of drug-likeness (QED) is 0.249. The summed E-state index contributed by atoms with van der Waals surface area (Å²) in [7, 11) is 0. The Morgan fingerprint density at radius 1 is 1.00 bits per heavy atom. The van der Waals surface area contributed by atoms with Crippen LogP contribution >= 0.6 is 0 Å². The number of benzene rings is 2. The van der Waals surface area contributed by atoms with Gasteiger partial charge in [0.1, 0.15) is 12.4 Å². The van der Waals surface area contributed by atoms with Gasteiger partial charge in [-0.3, -0.25) is 14.9 Å². The molecule has 0 saturated carbocycles. The monoisotopic (exact) mass is 492 g/mol. The predicted octanol–water partition coefficient (Wildman–Crippen LogP) is 3.55. The van der Waals surface area contributed by atoms with Gasteiger partial charge in [-0.05, 0) is 62.1 Å². The van der Waals surface area contributed by atoms with E-state index in [-0.39, 0.29) is 24.6 Å². The van der Waals surface area contributed by atoms with E-state index >= 15 is 0 Å². The minimum atomic E-state index is -1.09. The molecule has 0 aromatic heterocycles. The fourth-order valence-electron chi connectivity index (χ4n) is 3.08. The number of rotatable bonds is 8. The molecule has 0 saturated heterocycles. The molecule has 3 rings (SSSR count). The maximum absolute atomic E-state index is 12.4. The molecule has 9 nitrogen and oxygen atoms in total. The molecule has 188 valence electrons. The zero-order chi connectivity index (χ0) is 26.1. The van der Waals surface area contributed by atoms with Crippen LogP contribution in [0.15, 0.2) is 78.1 Å². The lowest BCUT2D eigenvalue weighted by atomic mass is 9.97. The Labute approximate surface area is 209 Å². The maximum Gasteiger partial charge on any atom is 0.411 e. The topological polar surface area (TPSA) is 120 Å². The molecule has 1 atom stereocenters. The van der Waals surface area contributed by atoms with Crippen LogP contribution in [0.2, 0.25) is 0 Å². The van der Waals surface area contributed by atoms with Gasteiger partial charge < -0.3 is 19.5 Å². The molecule has 2 aromatic rings. The van der Waals surface area contributed by atoms with Crippen molar-refractivity contribution in [2.75, 3.05) is 0 Å². The van der Waals surface area contributed by atoms with Crippen molar-refractivity contribution in [1.82, 2.24) is 10.6 Å². The summed E-state index contributed by atoms with van der Waals surface area (Å²) in [5.74, 6) is -0.979. The lowest BCUT2D eigenvalue weighted by molar-refractivity contribution is -0.152. The molecule has 2 aromatic carbocycles. The number of alkyl carbamates (subject to hydrolysis) is 1. The fraction of sp³-hybridized carbons (Fsp3) is 0.259. The smallest absolute Gasteiger partial charge is 0.411 e. The minimum absolute atomic E-state index is 0.0419. The molecule has 1 heterocycles. The first-order valence-electron chi connectivity index (χ1n) is 11.3. The van der Waals surface area contributed by atoms with Crippen molar-refractivity contribution in [1.29, 1.82) is 0 Å². The van der Waals surface area contributed by atoms with E-state index in [1.54, 1.807) is 45.2 Å². The number of carbonyl (C=O) groups is 4. The number of hydrogen-bond acceptors (Lipinski definition) is 8. The summed E-state index contributed by atoms with van der Waals surface area (Å²) < 4.78 is 15.7. The van der Waals surface area contributed by atoms with Crippen molar-refractivity contribution < 1.29 is 33.4 Å². The number of allylic oxidation sites excluding steroid dienone is 2. The van der Waals surface area contributed by atoms with Crippen LogP contribution in [0.3, 0.4) is 0 Å². The van der Waals surface area contributed by atoms with Gasteiger partial charge in [-0.25, -0.2) is 9.59 Å². The Bertz CT molecular complexity index is 1160. The first-order valence-corrected chi connectivity index (χ1v) is 11.3. The summed E-state index contributed by atoms with van der Waals surface area (Å²) >= 11 is 0. The molecule has 0 aliphatic carbocycles. The molecular formula is C27H28N2O7. The number of ether oxygens (including phenoxy) is 3. The minimum Gasteiger partial charge on any atom is -0.444 e. The van der Waals surface area contributed by atoms with Crippen molar-refractivity contribution in [2.45, 2.75) is 40.0 Å². The van der Waals surface area contributed by atoms with E-state index in [9.17, 15) is 19.2 Å². The van der Waals surface area contributed by atoms with Crippen molar-refractivity contribution in [3.8, 4) is 5.75 Å². The average Bonchev–Trinajstić information content (AvgIpc) is 2.85. The first-order chi connectivity index (χ1) is 17.1. The average molecular weight is 493 g/mol. The predicted molar refractivity (Wildman–Crippen MR) is 130 cm³/mol. The number of hydrogen-bond donors (Lipinski definition) is 2. The highest BCUT2D eigenvalue weighted by Crippen LogP contribution is 2.22. The van der Waals surface area contributed by atoms with Crippen LogP contribution in [0, 0.1) is 5.41 Å². The zero-order valence-electron chi connectivity index (χ0n) is 20.3. The van der Waals surface area contributed by atoms with Gasteiger partial charge in [0.15, 0.2) is 0 Å². The molecule has 1 aliphatic rings.